The highest BCUT2D eigenvalue weighted by molar-refractivity contribution is 6.60. The molecule has 0 aromatic heterocycles. The van der Waals surface area contributed by atoms with Gasteiger partial charge in [0, 0.05) is 22.9 Å². The SMILES string of the molecule is CCCCOc1ccc2c3c1O[C@@]1([Si](C)C)[C@@H](O)C=C[C@H]4[C@@H](C2)N(C)CC[C@@]341. The summed E-state index contributed by atoms with van der Waals surface area (Å²) in [5.74, 6) is 2.21. The summed E-state index contributed by atoms with van der Waals surface area (Å²) in [4.78, 5) is 2.52. The molecule has 5 atom stereocenters. The molecule has 2 bridgehead atoms. The number of aliphatic hydroxyl groups excluding tert-OH is 1. The van der Waals surface area contributed by atoms with E-state index in [4.69, 9.17) is 9.47 Å². The monoisotopic (exact) mass is 398 g/mol. The molecule has 1 spiro atoms. The van der Waals surface area contributed by atoms with Crippen molar-refractivity contribution in [3.05, 3.63) is 35.4 Å². The van der Waals surface area contributed by atoms with Gasteiger partial charge in [0.1, 0.15) is 20.1 Å². The molecule has 1 saturated heterocycles. The second-order valence-electron chi connectivity index (χ2n) is 9.30. The quantitative estimate of drug-likeness (QED) is 0.469. The molecule has 5 heteroatoms. The van der Waals surface area contributed by atoms with Crippen LogP contribution in [-0.2, 0) is 11.8 Å². The van der Waals surface area contributed by atoms with Crippen molar-refractivity contribution < 1.29 is 14.6 Å². The maximum Gasteiger partial charge on any atom is 0.165 e. The van der Waals surface area contributed by atoms with Crippen LogP contribution in [0.15, 0.2) is 24.3 Å². The Labute approximate surface area is 170 Å². The fourth-order valence-electron chi connectivity index (χ4n) is 6.58. The van der Waals surface area contributed by atoms with Crippen LogP contribution in [0.4, 0.5) is 0 Å². The van der Waals surface area contributed by atoms with Crippen LogP contribution >= 0.6 is 0 Å². The van der Waals surface area contributed by atoms with E-state index in [-0.39, 0.29) is 5.41 Å². The average molecular weight is 399 g/mol. The largest absolute Gasteiger partial charge is 0.490 e. The highest BCUT2D eigenvalue weighted by atomic mass is 28.3. The van der Waals surface area contributed by atoms with Gasteiger partial charge in [0.2, 0.25) is 0 Å². The third kappa shape index (κ3) is 2.08. The molecule has 2 aliphatic carbocycles. The van der Waals surface area contributed by atoms with Crippen molar-refractivity contribution in [3.63, 3.8) is 0 Å². The van der Waals surface area contributed by atoms with Crippen LogP contribution in [0.3, 0.4) is 0 Å². The standard InChI is InChI=1S/C23H32NO3Si/c1-5-6-13-26-18-9-7-15-14-17-16-8-10-19(25)23(28(3)4)22(16,11-12-24(17)2)20(15)21(18)27-23/h7-10,16-17,19,25H,5-6,11-14H2,1-4H3/t16-,17+,19-,22-,23+/m0/s1. The highest BCUT2D eigenvalue weighted by Gasteiger charge is 2.73. The van der Waals surface area contributed by atoms with Crippen molar-refractivity contribution in [2.75, 3.05) is 20.2 Å². The van der Waals surface area contributed by atoms with E-state index in [1.165, 1.54) is 11.1 Å². The normalized spacial score (nSPS) is 37.7. The first kappa shape index (κ1) is 18.7. The van der Waals surface area contributed by atoms with Gasteiger partial charge >= 0.3 is 0 Å². The van der Waals surface area contributed by atoms with Gasteiger partial charge in [0.25, 0.3) is 0 Å². The predicted molar refractivity (Wildman–Crippen MR) is 113 cm³/mol. The maximum atomic E-state index is 11.3. The fourth-order valence-corrected chi connectivity index (χ4v) is 8.89. The molecule has 1 N–H and O–H groups in total. The number of aliphatic hydroxyl groups is 1. The van der Waals surface area contributed by atoms with Crippen molar-refractivity contribution in [3.8, 4) is 11.5 Å². The molecule has 4 nitrogen and oxygen atoms in total. The smallest absolute Gasteiger partial charge is 0.165 e. The molecule has 2 aliphatic heterocycles. The van der Waals surface area contributed by atoms with Gasteiger partial charge in [-0.05, 0) is 44.5 Å². The molecule has 28 heavy (non-hydrogen) atoms. The third-order valence-corrected chi connectivity index (χ3v) is 10.2. The zero-order valence-electron chi connectivity index (χ0n) is 17.5. The predicted octanol–water partition coefficient (Wildman–Crippen LogP) is 3.34. The molecule has 1 aromatic carbocycles. The van der Waals surface area contributed by atoms with E-state index in [9.17, 15) is 5.11 Å². The number of piperidine rings is 1. The molecule has 0 unspecified atom stereocenters. The van der Waals surface area contributed by atoms with Crippen LogP contribution in [0, 0.1) is 5.92 Å². The molecule has 5 rings (SSSR count). The summed E-state index contributed by atoms with van der Waals surface area (Å²) in [6.45, 7) is 8.58. The maximum absolute atomic E-state index is 11.3. The second kappa shape index (κ2) is 6.35. The van der Waals surface area contributed by atoms with E-state index < -0.39 is 20.1 Å². The summed E-state index contributed by atoms with van der Waals surface area (Å²) in [5.41, 5.74) is 2.65. The van der Waals surface area contributed by atoms with Crippen LogP contribution < -0.4 is 9.47 Å². The number of nitrogens with zero attached hydrogens (tertiary/aromatic N) is 1. The van der Waals surface area contributed by atoms with Crippen molar-refractivity contribution in [1.29, 1.82) is 0 Å². The van der Waals surface area contributed by atoms with Crippen molar-refractivity contribution in [2.45, 2.75) is 68.5 Å². The van der Waals surface area contributed by atoms with Gasteiger partial charge < -0.3 is 19.5 Å². The van der Waals surface area contributed by atoms with E-state index >= 15 is 0 Å². The lowest BCUT2D eigenvalue weighted by Crippen LogP contribution is -2.75. The van der Waals surface area contributed by atoms with Crippen molar-refractivity contribution in [1.82, 2.24) is 4.90 Å². The molecule has 0 saturated carbocycles. The minimum atomic E-state index is -0.976. The Morgan fingerprint density at radius 1 is 1.32 bits per heavy atom. The number of benzene rings is 1. The van der Waals surface area contributed by atoms with Crippen molar-refractivity contribution in [2.24, 2.45) is 5.92 Å². The van der Waals surface area contributed by atoms with Crippen LogP contribution in [-0.4, -0.2) is 56.4 Å². The van der Waals surface area contributed by atoms with Crippen molar-refractivity contribution >= 4 is 8.80 Å². The molecular weight excluding hydrogens is 366 g/mol. The Kier molecular flexibility index (Phi) is 4.24. The Hall–Kier alpha value is -1.30. The van der Waals surface area contributed by atoms with Crippen LogP contribution in [0.2, 0.25) is 13.1 Å². The topological polar surface area (TPSA) is 41.9 Å². The van der Waals surface area contributed by atoms with Crippen LogP contribution in [0.5, 0.6) is 11.5 Å². The van der Waals surface area contributed by atoms with Gasteiger partial charge in [-0.15, -0.1) is 0 Å². The highest BCUT2D eigenvalue weighted by Crippen LogP contribution is 2.67. The summed E-state index contributed by atoms with van der Waals surface area (Å²) in [6, 6.07) is 4.86. The fraction of sp³-hybridized carbons (Fsp3) is 0.652. The lowest BCUT2D eigenvalue weighted by atomic mass is 9.53. The van der Waals surface area contributed by atoms with Crippen LogP contribution in [0.25, 0.3) is 0 Å². The Balaban J connectivity index is 1.74. The summed E-state index contributed by atoms with van der Waals surface area (Å²) in [7, 11) is 1.28. The first-order chi connectivity index (χ1) is 13.5. The van der Waals surface area contributed by atoms with Gasteiger partial charge in [0.05, 0.1) is 6.61 Å². The lowest BCUT2D eigenvalue weighted by molar-refractivity contribution is -0.0756. The van der Waals surface area contributed by atoms with Gasteiger partial charge in [-0.1, -0.05) is 44.7 Å². The van der Waals surface area contributed by atoms with Gasteiger partial charge in [0.15, 0.2) is 11.5 Å². The molecule has 1 radical (unpaired) electrons. The summed E-state index contributed by atoms with van der Waals surface area (Å²) >= 11 is 0. The lowest BCUT2D eigenvalue weighted by Gasteiger charge is -2.62. The number of rotatable bonds is 5. The molecule has 1 aromatic rings. The Morgan fingerprint density at radius 2 is 2.14 bits per heavy atom. The van der Waals surface area contributed by atoms with Gasteiger partial charge in [-0.3, -0.25) is 0 Å². The number of hydrogen-bond acceptors (Lipinski definition) is 4. The number of likely N-dealkylation sites (tertiary alicyclic amines) is 1. The molecule has 151 valence electrons. The number of unbranched alkanes of at least 4 members (excludes halogenated alkanes) is 1. The zero-order valence-corrected chi connectivity index (χ0v) is 18.5. The van der Waals surface area contributed by atoms with E-state index in [0.29, 0.717) is 12.0 Å². The van der Waals surface area contributed by atoms with Crippen LogP contribution in [0.1, 0.15) is 37.3 Å². The summed E-state index contributed by atoms with van der Waals surface area (Å²) in [6.07, 6.45) is 8.03. The number of hydrogen-bond donors (Lipinski definition) is 1. The number of likely N-dealkylation sites (N-methyl/N-ethyl adjacent to an activating group) is 1. The minimum Gasteiger partial charge on any atom is -0.490 e. The van der Waals surface area contributed by atoms with Gasteiger partial charge in [-0.25, -0.2) is 0 Å². The first-order valence-corrected chi connectivity index (χ1v) is 13.3. The Bertz CT molecular complexity index is 824. The molecule has 0 amide bonds. The first-order valence-electron chi connectivity index (χ1n) is 10.8. The minimum absolute atomic E-state index is 0.122. The third-order valence-electron chi connectivity index (χ3n) is 7.83. The summed E-state index contributed by atoms with van der Waals surface area (Å²) < 4.78 is 13.1. The average Bonchev–Trinajstić information content (AvgIpc) is 3.00. The van der Waals surface area contributed by atoms with Gasteiger partial charge in [-0.2, -0.15) is 0 Å². The number of ether oxygens (including phenoxy) is 2. The molecule has 2 heterocycles. The van der Waals surface area contributed by atoms with E-state index in [2.05, 4.69) is 50.2 Å². The Morgan fingerprint density at radius 3 is 2.89 bits per heavy atom. The van der Waals surface area contributed by atoms with E-state index in [0.717, 1.165) is 50.3 Å². The second-order valence-corrected chi connectivity index (χ2v) is 12.0. The van der Waals surface area contributed by atoms with E-state index in [1.807, 2.05) is 6.08 Å². The zero-order chi connectivity index (χ0) is 19.7. The van der Waals surface area contributed by atoms with E-state index in [1.54, 1.807) is 0 Å². The molecular formula is C23H32NO3Si. The molecule has 4 aliphatic rings. The molecule has 1 fully saturated rings. The summed E-state index contributed by atoms with van der Waals surface area (Å²) in [5, 5.41) is 10.8.